The number of benzene rings is 2. The number of hydrogen-bond donors (Lipinski definition) is 3. The normalized spacial score (nSPS) is 16.0. The van der Waals surface area contributed by atoms with Gasteiger partial charge >= 0.3 is 5.97 Å². The van der Waals surface area contributed by atoms with Gasteiger partial charge in [0.25, 0.3) is 5.91 Å². The van der Waals surface area contributed by atoms with Gasteiger partial charge in [-0.05, 0) is 79.8 Å². The zero-order valence-electron chi connectivity index (χ0n) is 23.3. The highest BCUT2D eigenvalue weighted by molar-refractivity contribution is 6.33. The summed E-state index contributed by atoms with van der Waals surface area (Å²) < 4.78 is 12.0. The molecule has 2 amide bonds. The molecular formula is C32H28Cl2N4O6. The number of pyridine rings is 2. The lowest BCUT2D eigenvalue weighted by Gasteiger charge is -2.29. The van der Waals surface area contributed by atoms with E-state index in [0.29, 0.717) is 28.5 Å². The number of carbonyl (C=O) groups is 3. The molecule has 0 spiro atoms. The van der Waals surface area contributed by atoms with Crippen molar-refractivity contribution in [3.05, 3.63) is 106 Å². The molecule has 3 N–H and O–H groups in total. The molecule has 1 aliphatic rings. The number of hydrogen-bond acceptors (Lipinski definition) is 7. The number of aromatic nitrogens is 2. The third-order valence-corrected chi connectivity index (χ3v) is 7.36. The predicted octanol–water partition coefficient (Wildman–Crippen LogP) is 6.58. The number of nitrogens with zero attached hydrogens (tertiary/aromatic N) is 2. The van der Waals surface area contributed by atoms with Crippen molar-refractivity contribution in [2.75, 3.05) is 5.32 Å². The summed E-state index contributed by atoms with van der Waals surface area (Å²) in [5, 5.41) is 15.3. The summed E-state index contributed by atoms with van der Waals surface area (Å²) in [6, 6.07) is 19.8. The van der Waals surface area contributed by atoms with E-state index >= 15 is 0 Å². The maximum absolute atomic E-state index is 12.6. The number of carboxylic acid groups (broad SMARTS) is 1. The van der Waals surface area contributed by atoms with E-state index < -0.39 is 5.97 Å². The van der Waals surface area contributed by atoms with Gasteiger partial charge < -0.3 is 25.2 Å². The third-order valence-electron chi connectivity index (χ3n) is 6.98. The van der Waals surface area contributed by atoms with Gasteiger partial charge in [-0.3, -0.25) is 9.59 Å². The molecule has 1 fully saturated rings. The van der Waals surface area contributed by atoms with E-state index in [1.165, 1.54) is 24.4 Å². The Hall–Kier alpha value is -4.67. The Morgan fingerprint density at radius 1 is 0.886 bits per heavy atom. The van der Waals surface area contributed by atoms with Crippen LogP contribution in [0.3, 0.4) is 0 Å². The minimum Gasteiger partial charge on any atom is -0.490 e. The number of aromatic carboxylic acids is 1. The molecule has 5 rings (SSSR count). The molecule has 0 atom stereocenters. The van der Waals surface area contributed by atoms with Crippen LogP contribution in [0.15, 0.2) is 79.0 Å². The maximum Gasteiger partial charge on any atom is 0.337 e. The summed E-state index contributed by atoms with van der Waals surface area (Å²) in [7, 11) is 0. The van der Waals surface area contributed by atoms with E-state index in [1.807, 2.05) is 12.1 Å². The number of ether oxygens (including phenoxy) is 2. The average Bonchev–Trinajstić information content (AvgIpc) is 3.00. The van der Waals surface area contributed by atoms with Crippen LogP contribution in [-0.2, 0) is 11.2 Å². The van der Waals surface area contributed by atoms with Crippen LogP contribution < -0.4 is 20.1 Å². The molecule has 10 nitrogen and oxygen atoms in total. The van der Waals surface area contributed by atoms with Crippen molar-refractivity contribution in [1.29, 1.82) is 0 Å². The molecule has 12 heteroatoms. The monoisotopic (exact) mass is 634 g/mol. The molecule has 2 heterocycles. The van der Waals surface area contributed by atoms with Gasteiger partial charge in [0.15, 0.2) is 0 Å². The van der Waals surface area contributed by atoms with E-state index in [4.69, 9.17) is 32.7 Å². The van der Waals surface area contributed by atoms with Crippen molar-refractivity contribution < 1.29 is 29.0 Å². The number of rotatable bonds is 10. The molecule has 0 unspecified atom stereocenters. The average molecular weight is 636 g/mol. The number of carboxylic acids is 1. The SMILES string of the molecule is O=C(Cc1ccc(Oc2ccc(OC3CCC(NC(=O)c4cc(Cl)nc(Cl)c4)CC3)cc2)nc1)Nc1ccccc1C(=O)O. The van der Waals surface area contributed by atoms with Gasteiger partial charge in [-0.1, -0.05) is 41.4 Å². The number of halogens is 2. The van der Waals surface area contributed by atoms with Crippen LogP contribution >= 0.6 is 23.2 Å². The van der Waals surface area contributed by atoms with Gasteiger partial charge in [-0.25, -0.2) is 14.8 Å². The second kappa shape index (κ2) is 14.2. The molecule has 1 saturated carbocycles. The highest BCUT2D eigenvalue weighted by Gasteiger charge is 2.24. The van der Waals surface area contributed by atoms with Crippen molar-refractivity contribution in [3.8, 4) is 17.4 Å². The molecule has 4 aromatic rings. The van der Waals surface area contributed by atoms with Gasteiger partial charge in [-0.2, -0.15) is 0 Å². The number of nitrogens with one attached hydrogen (secondary N) is 2. The van der Waals surface area contributed by atoms with Gasteiger partial charge in [0, 0.05) is 23.9 Å². The minimum absolute atomic E-state index is 0.0205. The molecule has 1 aliphatic carbocycles. The quantitative estimate of drug-likeness (QED) is 0.166. The lowest BCUT2D eigenvalue weighted by Crippen LogP contribution is -2.39. The van der Waals surface area contributed by atoms with E-state index in [-0.39, 0.29) is 51.9 Å². The zero-order chi connectivity index (χ0) is 31.1. The summed E-state index contributed by atoms with van der Waals surface area (Å²) >= 11 is 11.8. The van der Waals surface area contributed by atoms with Gasteiger partial charge in [0.05, 0.1) is 23.8 Å². The first-order chi connectivity index (χ1) is 21.2. The van der Waals surface area contributed by atoms with E-state index in [9.17, 15) is 19.5 Å². The smallest absolute Gasteiger partial charge is 0.337 e. The van der Waals surface area contributed by atoms with Crippen LogP contribution in [0, 0.1) is 0 Å². The first-order valence-corrected chi connectivity index (χ1v) is 14.6. The van der Waals surface area contributed by atoms with Crippen molar-refractivity contribution in [2.45, 2.75) is 44.2 Å². The van der Waals surface area contributed by atoms with E-state index in [1.54, 1.807) is 42.5 Å². The molecule has 44 heavy (non-hydrogen) atoms. The fourth-order valence-electron chi connectivity index (χ4n) is 4.82. The fourth-order valence-corrected chi connectivity index (χ4v) is 5.28. The lowest BCUT2D eigenvalue weighted by molar-refractivity contribution is -0.115. The summed E-state index contributed by atoms with van der Waals surface area (Å²) in [6.45, 7) is 0. The van der Waals surface area contributed by atoms with Gasteiger partial charge in [0.1, 0.15) is 21.8 Å². The Morgan fingerprint density at radius 2 is 1.57 bits per heavy atom. The first kappa shape index (κ1) is 30.8. The van der Waals surface area contributed by atoms with Crippen LogP contribution in [0.25, 0.3) is 0 Å². The number of carbonyl (C=O) groups excluding carboxylic acids is 2. The molecule has 2 aromatic carbocycles. The van der Waals surface area contributed by atoms with E-state index in [2.05, 4.69) is 20.6 Å². The Labute approximate surface area is 263 Å². The van der Waals surface area contributed by atoms with Crippen LogP contribution in [0.4, 0.5) is 5.69 Å². The molecule has 2 aromatic heterocycles. The molecule has 0 aliphatic heterocycles. The van der Waals surface area contributed by atoms with Crippen molar-refractivity contribution in [3.63, 3.8) is 0 Å². The number of amides is 2. The molecule has 226 valence electrons. The highest BCUT2D eigenvalue weighted by atomic mass is 35.5. The largest absolute Gasteiger partial charge is 0.490 e. The van der Waals surface area contributed by atoms with Crippen molar-refractivity contribution >= 4 is 46.7 Å². The molecular weight excluding hydrogens is 607 g/mol. The number of para-hydroxylation sites is 1. The third kappa shape index (κ3) is 8.46. The molecule has 0 saturated heterocycles. The lowest BCUT2D eigenvalue weighted by atomic mass is 9.92. The molecule has 0 radical (unpaired) electrons. The van der Waals surface area contributed by atoms with Crippen LogP contribution in [-0.4, -0.2) is 45.0 Å². The van der Waals surface area contributed by atoms with Crippen LogP contribution in [0.1, 0.15) is 52.0 Å². The van der Waals surface area contributed by atoms with Crippen LogP contribution in [0.2, 0.25) is 10.3 Å². The second-order valence-corrected chi connectivity index (χ2v) is 11.0. The van der Waals surface area contributed by atoms with Gasteiger partial charge in [-0.15, -0.1) is 0 Å². The summed E-state index contributed by atoms with van der Waals surface area (Å²) in [5.74, 6) is -0.0636. The predicted molar refractivity (Wildman–Crippen MR) is 165 cm³/mol. The first-order valence-electron chi connectivity index (χ1n) is 13.9. The minimum atomic E-state index is -1.12. The molecule has 0 bridgehead atoms. The standard InChI is InChI=1S/C32H28Cl2N4O6/c33-27-16-20(17-28(34)38-27)31(40)36-21-6-8-22(9-7-21)43-23-10-12-24(13-11-23)44-30-14-5-19(18-35-30)15-29(39)37-26-4-2-1-3-25(26)32(41)42/h1-5,10-14,16-18,21-22H,6-9,15H2,(H,36,40)(H,37,39)(H,41,42). The van der Waals surface area contributed by atoms with Gasteiger partial charge in [0.2, 0.25) is 11.8 Å². The van der Waals surface area contributed by atoms with Crippen molar-refractivity contribution in [1.82, 2.24) is 15.3 Å². The Balaban J connectivity index is 1.06. The Kier molecular flexibility index (Phi) is 9.93. The van der Waals surface area contributed by atoms with Crippen LogP contribution in [0.5, 0.6) is 17.4 Å². The Morgan fingerprint density at radius 3 is 2.23 bits per heavy atom. The summed E-state index contributed by atoms with van der Waals surface area (Å²) in [4.78, 5) is 44.5. The number of anilines is 1. The second-order valence-electron chi connectivity index (χ2n) is 10.2. The van der Waals surface area contributed by atoms with E-state index in [0.717, 1.165) is 25.7 Å². The fraction of sp³-hybridized carbons (Fsp3) is 0.219. The highest BCUT2D eigenvalue weighted by Crippen LogP contribution is 2.27. The van der Waals surface area contributed by atoms with Crippen molar-refractivity contribution in [2.24, 2.45) is 0 Å². The summed E-state index contributed by atoms with van der Waals surface area (Å²) in [5.41, 5.74) is 1.28. The zero-order valence-corrected chi connectivity index (χ0v) is 24.8. The summed E-state index contributed by atoms with van der Waals surface area (Å²) in [6.07, 6.45) is 4.74. The Bertz CT molecular complexity index is 1620. The maximum atomic E-state index is 12.6. The topological polar surface area (TPSA) is 140 Å².